The quantitative estimate of drug-likeness (QED) is 0.695. The third-order valence-electron chi connectivity index (χ3n) is 3.20. The third-order valence-corrected chi connectivity index (χ3v) is 5.08. The van der Waals surface area contributed by atoms with Crippen molar-refractivity contribution in [1.29, 1.82) is 0 Å². The maximum absolute atomic E-state index is 4.86. The molecule has 0 radical (unpaired) electrons. The molecule has 0 amide bonds. The minimum Gasteiger partial charge on any atom is -0.369 e. The number of anilines is 1. The number of hydrogen-bond donors (Lipinski definition) is 1. The summed E-state index contributed by atoms with van der Waals surface area (Å²) in [6.45, 7) is 11.8. The lowest BCUT2D eigenvalue weighted by atomic mass is 9.91. The fraction of sp³-hybridized carbons (Fsp3) is 0.500. The van der Waals surface area contributed by atoms with E-state index >= 15 is 0 Å². The van der Waals surface area contributed by atoms with Gasteiger partial charge in [0.1, 0.15) is 5.82 Å². The molecule has 0 aliphatic carbocycles. The Morgan fingerprint density at radius 2 is 1.95 bits per heavy atom. The van der Waals surface area contributed by atoms with Gasteiger partial charge in [0, 0.05) is 22.9 Å². The highest BCUT2D eigenvalue weighted by molar-refractivity contribution is 14.1. The van der Waals surface area contributed by atoms with E-state index in [1.807, 2.05) is 0 Å². The molecular formula is C16H22IN3S. The number of thiophene rings is 1. The molecule has 2 aromatic rings. The molecule has 0 aliphatic rings. The summed E-state index contributed by atoms with van der Waals surface area (Å²) in [4.78, 5) is 9.63. The predicted molar refractivity (Wildman–Crippen MR) is 100 cm³/mol. The van der Waals surface area contributed by atoms with Crippen molar-refractivity contribution in [2.24, 2.45) is 0 Å². The van der Waals surface area contributed by atoms with Gasteiger partial charge in [-0.1, -0.05) is 27.7 Å². The zero-order valence-corrected chi connectivity index (χ0v) is 16.2. The maximum Gasteiger partial charge on any atom is 0.162 e. The van der Waals surface area contributed by atoms with Crippen molar-refractivity contribution < 1.29 is 0 Å². The summed E-state index contributed by atoms with van der Waals surface area (Å²) in [5.74, 6) is 1.79. The van der Waals surface area contributed by atoms with Gasteiger partial charge in [0.05, 0.1) is 9.26 Å². The van der Waals surface area contributed by atoms with E-state index in [0.717, 1.165) is 39.4 Å². The molecule has 0 fully saturated rings. The summed E-state index contributed by atoms with van der Waals surface area (Å²) in [5.41, 5.74) is 3.49. The molecule has 3 nitrogen and oxygen atoms in total. The van der Waals surface area contributed by atoms with E-state index < -0.39 is 0 Å². The summed E-state index contributed by atoms with van der Waals surface area (Å²) in [7, 11) is 0. The second-order valence-corrected chi connectivity index (χ2v) is 8.03. The number of rotatable bonds is 4. The third kappa shape index (κ3) is 3.74. The van der Waals surface area contributed by atoms with Gasteiger partial charge in [0.15, 0.2) is 5.82 Å². The average molecular weight is 415 g/mol. The van der Waals surface area contributed by atoms with Crippen molar-refractivity contribution >= 4 is 39.7 Å². The molecule has 1 N–H and O–H groups in total. The van der Waals surface area contributed by atoms with Gasteiger partial charge in [-0.3, -0.25) is 0 Å². The summed E-state index contributed by atoms with van der Waals surface area (Å²) in [6.07, 6.45) is 1.08. The van der Waals surface area contributed by atoms with E-state index in [2.05, 4.69) is 73.3 Å². The first kappa shape index (κ1) is 16.7. The Morgan fingerprint density at radius 3 is 2.48 bits per heavy atom. The molecule has 0 unspecified atom stereocenters. The number of aromatic nitrogens is 2. The summed E-state index contributed by atoms with van der Waals surface area (Å²) >= 11 is 4.06. The molecule has 0 bridgehead atoms. The van der Waals surface area contributed by atoms with E-state index in [0.29, 0.717) is 0 Å². The van der Waals surface area contributed by atoms with Crippen LogP contribution in [0.4, 0.5) is 5.82 Å². The van der Waals surface area contributed by atoms with E-state index in [4.69, 9.17) is 9.97 Å². The fourth-order valence-electron chi connectivity index (χ4n) is 2.01. The average Bonchev–Trinajstić information content (AvgIpc) is 2.82. The Bertz CT molecular complexity index is 629. The highest BCUT2D eigenvalue weighted by atomic mass is 127. The van der Waals surface area contributed by atoms with Gasteiger partial charge in [-0.2, -0.15) is 11.3 Å². The standard InChI is InChI=1S/C16H22IN3S/c1-6-7-18-15-12(17)13(16(3,4)5)19-14(20-15)11-9-21-8-10(11)2/h8-9H,6-7H2,1-5H3,(H,18,19,20). The van der Waals surface area contributed by atoms with Gasteiger partial charge in [-0.25, -0.2) is 9.97 Å². The predicted octanol–water partition coefficient (Wildman–Crippen LogP) is 5.24. The Morgan fingerprint density at radius 1 is 1.24 bits per heavy atom. The lowest BCUT2D eigenvalue weighted by Gasteiger charge is -2.22. The second-order valence-electron chi connectivity index (χ2n) is 6.20. The molecule has 0 saturated heterocycles. The monoisotopic (exact) mass is 415 g/mol. The molecular weight excluding hydrogens is 393 g/mol. The molecule has 21 heavy (non-hydrogen) atoms. The van der Waals surface area contributed by atoms with Gasteiger partial charge in [-0.15, -0.1) is 0 Å². The molecule has 114 valence electrons. The van der Waals surface area contributed by atoms with Crippen molar-refractivity contribution in [3.8, 4) is 11.4 Å². The van der Waals surface area contributed by atoms with Gasteiger partial charge >= 0.3 is 0 Å². The van der Waals surface area contributed by atoms with Gasteiger partial charge in [0.2, 0.25) is 0 Å². The smallest absolute Gasteiger partial charge is 0.162 e. The number of halogens is 1. The normalized spacial score (nSPS) is 11.7. The SMILES string of the molecule is CCCNc1nc(-c2cscc2C)nc(C(C)(C)C)c1I. The van der Waals surface area contributed by atoms with Crippen LogP contribution in [0.1, 0.15) is 45.4 Å². The van der Waals surface area contributed by atoms with Crippen molar-refractivity contribution in [2.45, 2.75) is 46.5 Å². The molecule has 0 atom stereocenters. The lowest BCUT2D eigenvalue weighted by molar-refractivity contribution is 0.564. The van der Waals surface area contributed by atoms with Crippen molar-refractivity contribution in [1.82, 2.24) is 9.97 Å². The van der Waals surface area contributed by atoms with Crippen molar-refractivity contribution in [3.05, 3.63) is 25.6 Å². The topological polar surface area (TPSA) is 37.8 Å². The highest BCUT2D eigenvalue weighted by Gasteiger charge is 2.24. The lowest BCUT2D eigenvalue weighted by Crippen LogP contribution is -2.19. The Labute approximate surface area is 144 Å². The first-order valence-electron chi connectivity index (χ1n) is 7.19. The van der Waals surface area contributed by atoms with E-state index in [1.165, 1.54) is 5.56 Å². The van der Waals surface area contributed by atoms with Gasteiger partial charge in [0.25, 0.3) is 0 Å². The largest absolute Gasteiger partial charge is 0.369 e. The molecule has 2 rings (SSSR count). The van der Waals surface area contributed by atoms with Gasteiger partial charge in [-0.05, 0) is 46.9 Å². The van der Waals surface area contributed by atoms with Crippen LogP contribution in [0.5, 0.6) is 0 Å². The molecule has 2 heterocycles. The van der Waals surface area contributed by atoms with Crippen molar-refractivity contribution in [2.75, 3.05) is 11.9 Å². The van der Waals surface area contributed by atoms with Crippen molar-refractivity contribution in [3.63, 3.8) is 0 Å². The number of aryl methyl sites for hydroxylation is 1. The van der Waals surface area contributed by atoms with Crippen LogP contribution in [0.25, 0.3) is 11.4 Å². The first-order chi connectivity index (χ1) is 9.84. The summed E-state index contributed by atoms with van der Waals surface area (Å²) in [5, 5.41) is 7.72. The van der Waals surface area contributed by atoms with Crippen LogP contribution in [0.15, 0.2) is 10.8 Å². The van der Waals surface area contributed by atoms with Crippen LogP contribution in [0.3, 0.4) is 0 Å². The maximum atomic E-state index is 4.86. The fourth-order valence-corrected chi connectivity index (χ4v) is 4.08. The minimum absolute atomic E-state index is 0.000778. The van der Waals surface area contributed by atoms with Crippen LogP contribution in [0.2, 0.25) is 0 Å². The Balaban J connectivity index is 2.59. The summed E-state index contributed by atoms with van der Waals surface area (Å²) < 4.78 is 1.13. The van der Waals surface area contributed by atoms with Crippen LogP contribution >= 0.6 is 33.9 Å². The highest BCUT2D eigenvalue weighted by Crippen LogP contribution is 2.33. The van der Waals surface area contributed by atoms with Crippen LogP contribution in [-0.4, -0.2) is 16.5 Å². The second kappa shape index (κ2) is 6.60. The Kier molecular flexibility index (Phi) is 5.24. The number of hydrogen-bond acceptors (Lipinski definition) is 4. The van der Waals surface area contributed by atoms with Crippen LogP contribution < -0.4 is 5.32 Å². The van der Waals surface area contributed by atoms with E-state index in [1.54, 1.807) is 11.3 Å². The Hall–Kier alpha value is -0.690. The number of nitrogens with zero attached hydrogens (tertiary/aromatic N) is 2. The molecule has 0 aliphatic heterocycles. The molecule has 0 spiro atoms. The number of nitrogens with one attached hydrogen (secondary N) is 1. The summed E-state index contributed by atoms with van der Waals surface area (Å²) in [6, 6.07) is 0. The molecule has 2 aromatic heterocycles. The molecule has 5 heteroatoms. The first-order valence-corrected chi connectivity index (χ1v) is 9.21. The van der Waals surface area contributed by atoms with Crippen LogP contribution in [0, 0.1) is 10.5 Å². The molecule has 0 saturated carbocycles. The van der Waals surface area contributed by atoms with Crippen LogP contribution in [-0.2, 0) is 5.41 Å². The zero-order chi connectivity index (χ0) is 15.6. The minimum atomic E-state index is 0.000778. The molecule has 0 aromatic carbocycles. The van der Waals surface area contributed by atoms with E-state index in [-0.39, 0.29) is 5.41 Å². The zero-order valence-electron chi connectivity index (χ0n) is 13.2. The van der Waals surface area contributed by atoms with Gasteiger partial charge < -0.3 is 5.32 Å². The van der Waals surface area contributed by atoms with E-state index in [9.17, 15) is 0 Å².